The molecule has 6 nitrogen and oxygen atoms in total. The van der Waals surface area contributed by atoms with Crippen molar-refractivity contribution < 1.29 is 28.6 Å². The van der Waals surface area contributed by atoms with Crippen LogP contribution in [0.15, 0.2) is 35.4 Å². The molecule has 4 atom stereocenters. The number of esters is 1. The van der Waals surface area contributed by atoms with Gasteiger partial charge < -0.3 is 14.2 Å². The monoisotopic (exact) mass is 354 g/mol. The van der Waals surface area contributed by atoms with Gasteiger partial charge in [-0.25, -0.2) is 0 Å². The summed E-state index contributed by atoms with van der Waals surface area (Å²) >= 11 is 0. The largest absolute Gasteiger partial charge is 0.454 e. The van der Waals surface area contributed by atoms with E-state index in [2.05, 4.69) is 0 Å². The quantitative estimate of drug-likeness (QED) is 0.666. The fourth-order valence-corrected chi connectivity index (χ4v) is 4.57. The summed E-state index contributed by atoms with van der Waals surface area (Å²) < 4.78 is 17.7. The zero-order valence-corrected chi connectivity index (χ0v) is 14.3. The van der Waals surface area contributed by atoms with Crippen LogP contribution in [0.1, 0.15) is 53.3 Å². The van der Waals surface area contributed by atoms with Crippen LogP contribution in [0.3, 0.4) is 0 Å². The molecule has 3 aliphatic heterocycles. The number of rotatable bonds is 0. The highest BCUT2D eigenvalue weighted by Crippen LogP contribution is 2.49. The minimum atomic E-state index is -1.28. The second-order valence-corrected chi connectivity index (χ2v) is 7.34. The van der Waals surface area contributed by atoms with Crippen LogP contribution in [0.5, 0.6) is 0 Å². The van der Waals surface area contributed by atoms with Crippen molar-refractivity contribution in [1.29, 1.82) is 0 Å². The highest BCUT2D eigenvalue weighted by Gasteiger charge is 2.59. The van der Waals surface area contributed by atoms with Crippen LogP contribution < -0.4 is 0 Å². The van der Waals surface area contributed by atoms with Crippen molar-refractivity contribution >= 4 is 17.5 Å². The third-order valence-corrected chi connectivity index (χ3v) is 5.64. The molecule has 1 spiro atoms. The topological polar surface area (TPSA) is 78.9 Å². The first-order valence-corrected chi connectivity index (χ1v) is 8.98. The third-order valence-electron chi connectivity index (χ3n) is 5.64. The molecule has 0 bridgehead atoms. The Hall–Kier alpha value is -2.31. The standard InChI is InChI=1S/C20H18O6/c1-10-5-4-8-20(25-10)16-15(19-13(26-20)9-14(21)24-19)17(22)11-6-2-3-7-12(11)18(16)23/h2-3,6-7,10,13,19H,4-5,8-9H2,1H3. The van der Waals surface area contributed by atoms with Crippen molar-refractivity contribution in [2.45, 2.75) is 56.7 Å². The fraction of sp³-hybridized carbons (Fsp3) is 0.450. The molecule has 0 saturated carbocycles. The summed E-state index contributed by atoms with van der Waals surface area (Å²) in [4.78, 5) is 38.5. The van der Waals surface area contributed by atoms with Crippen LogP contribution in [0, 0.1) is 0 Å². The van der Waals surface area contributed by atoms with Crippen LogP contribution >= 0.6 is 0 Å². The molecule has 2 fully saturated rings. The van der Waals surface area contributed by atoms with Crippen LogP contribution in [0.25, 0.3) is 0 Å². The average molecular weight is 354 g/mol. The summed E-state index contributed by atoms with van der Waals surface area (Å²) in [6, 6.07) is 6.74. The summed E-state index contributed by atoms with van der Waals surface area (Å²) in [5, 5.41) is 0. The molecule has 0 aromatic heterocycles. The molecule has 26 heavy (non-hydrogen) atoms. The molecular formula is C20H18O6. The normalized spacial score (nSPS) is 35.9. The van der Waals surface area contributed by atoms with E-state index in [1.165, 1.54) is 0 Å². The molecular weight excluding hydrogens is 336 g/mol. The fourth-order valence-electron chi connectivity index (χ4n) is 4.57. The Kier molecular flexibility index (Phi) is 3.27. The summed E-state index contributed by atoms with van der Waals surface area (Å²) in [6.07, 6.45) is 0.664. The van der Waals surface area contributed by atoms with Gasteiger partial charge in [0.15, 0.2) is 23.5 Å². The van der Waals surface area contributed by atoms with E-state index in [0.29, 0.717) is 17.5 Å². The van der Waals surface area contributed by atoms with Gasteiger partial charge in [-0.2, -0.15) is 0 Å². The zero-order chi connectivity index (χ0) is 18.1. The third kappa shape index (κ3) is 2.03. The molecule has 0 N–H and O–H groups in total. The van der Waals surface area contributed by atoms with E-state index in [-0.39, 0.29) is 35.2 Å². The minimum absolute atomic E-state index is 0.0596. The van der Waals surface area contributed by atoms with Gasteiger partial charge in [0.1, 0.15) is 6.10 Å². The van der Waals surface area contributed by atoms with Gasteiger partial charge in [-0.15, -0.1) is 0 Å². The summed E-state index contributed by atoms with van der Waals surface area (Å²) in [5.41, 5.74) is 1.16. The van der Waals surface area contributed by atoms with Crippen LogP contribution in [-0.4, -0.2) is 41.6 Å². The highest BCUT2D eigenvalue weighted by molar-refractivity contribution is 6.28. The molecule has 4 unspecified atom stereocenters. The molecule has 1 aromatic rings. The second-order valence-electron chi connectivity index (χ2n) is 7.34. The molecule has 6 heteroatoms. The Labute approximate surface area is 150 Å². The lowest BCUT2D eigenvalue weighted by Crippen LogP contribution is -2.56. The van der Waals surface area contributed by atoms with E-state index < -0.39 is 24.0 Å². The smallest absolute Gasteiger partial charge is 0.309 e. The molecule has 1 aromatic carbocycles. The summed E-state index contributed by atoms with van der Waals surface area (Å²) in [5.74, 6) is -2.25. The van der Waals surface area contributed by atoms with Crippen molar-refractivity contribution in [3.05, 3.63) is 46.5 Å². The van der Waals surface area contributed by atoms with E-state index in [0.717, 1.165) is 12.8 Å². The van der Waals surface area contributed by atoms with Crippen molar-refractivity contribution in [1.82, 2.24) is 0 Å². The van der Waals surface area contributed by atoms with Gasteiger partial charge in [-0.05, 0) is 19.8 Å². The SMILES string of the molecule is CC1CCCC2(O1)OC1CC(=O)OC1C1=C2C(=O)c2ccccc2C1=O. The number of benzene rings is 1. The highest BCUT2D eigenvalue weighted by atomic mass is 16.7. The van der Waals surface area contributed by atoms with Gasteiger partial charge in [0, 0.05) is 17.5 Å². The number of carbonyl (C=O) groups is 3. The van der Waals surface area contributed by atoms with Crippen molar-refractivity contribution in [2.24, 2.45) is 0 Å². The Balaban J connectivity index is 1.75. The maximum atomic E-state index is 13.3. The first-order valence-electron chi connectivity index (χ1n) is 8.98. The van der Waals surface area contributed by atoms with Gasteiger partial charge in [0.2, 0.25) is 0 Å². The van der Waals surface area contributed by atoms with Crippen LogP contribution in [0.4, 0.5) is 0 Å². The van der Waals surface area contributed by atoms with Crippen molar-refractivity contribution in [3.63, 3.8) is 0 Å². The summed E-state index contributed by atoms with van der Waals surface area (Å²) in [7, 11) is 0. The number of carbonyl (C=O) groups excluding carboxylic acids is 3. The van der Waals surface area contributed by atoms with Crippen molar-refractivity contribution in [3.8, 4) is 0 Å². The molecule has 0 amide bonds. The van der Waals surface area contributed by atoms with Gasteiger partial charge in [-0.3, -0.25) is 14.4 Å². The van der Waals surface area contributed by atoms with Gasteiger partial charge in [0.25, 0.3) is 0 Å². The molecule has 3 heterocycles. The molecule has 0 radical (unpaired) electrons. The number of fused-ring (bicyclic) bond motifs is 4. The first kappa shape index (κ1) is 15.9. The van der Waals surface area contributed by atoms with E-state index >= 15 is 0 Å². The molecule has 4 aliphatic rings. The van der Waals surface area contributed by atoms with Gasteiger partial charge in [-0.1, -0.05) is 24.3 Å². The number of hydrogen-bond donors (Lipinski definition) is 0. The number of ketones is 2. The lowest BCUT2D eigenvalue weighted by molar-refractivity contribution is -0.280. The van der Waals surface area contributed by atoms with Crippen molar-refractivity contribution in [2.75, 3.05) is 0 Å². The Morgan fingerprint density at radius 1 is 1.04 bits per heavy atom. The number of Topliss-reactive ketones (excluding diaryl/α,β-unsaturated/α-hetero) is 2. The van der Waals surface area contributed by atoms with Gasteiger partial charge >= 0.3 is 5.97 Å². The molecule has 134 valence electrons. The first-order chi connectivity index (χ1) is 12.5. The predicted molar refractivity (Wildman–Crippen MR) is 88.6 cm³/mol. The average Bonchev–Trinajstić information content (AvgIpc) is 2.98. The Morgan fingerprint density at radius 3 is 2.50 bits per heavy atom. The van der Waals surface area contributed by atoms with E-state index in [4.69, 9.17) is 14.2 Å². The van der Waals surface area contributed by atoms with Crippen LogP contribution in [0.2, 0.25) is 0 Å². The lowest BCUT2D eigenvalue weighted by Gasteiger charge is -2.47. The van der Waals surface area contributed by atoms with E-state index in [9.17, 15) is 14.4 Å². The van der Waals surface area contributed by atoms with Gasteiger partial charge in [0.05, 0.1) is 23.7 Å². The number of hydrogen-bond acceptors (Lipinski definition) is 6. The van der Waals surface area contributed by atoms with E-state index in [1.807, 2.05) is 6.92 Å². The zero-order valence-electron chi connectivity index (χ0n) is 14.3. The Morgan fingerprint density at radius 2 is 1.77 bits per heavy atom. The maximum absolute atomic E-state index is 13.3. The molecule has 5 rings (SSSR count). The van der Waals surface area contributed by atoms with E-state index in [1.54, 1.807) is 24.3 Å². The minimum Gasteiger partial charge on any atom is -0.454 e. The second kappa shape index (κ2) is 5.34. The lowest BCUT2D eigenvalue weighted by atomic mass is 9.74. The molecule has 2 saturated heterocycles. The summed E-state index contributed by atoms with van der Waals surface area (Å²) in [6.45, 7) is 1.93. The maximum Gasteiger partial charge on any atom is 0.309 e. The predicted octanol–water partition coefficient (Wildman–Crippen LogP) is 2.36. The molecule has 1 aliphatic carbocycles. The van der Waals surface area contributed by atoms with Crippen LogP contribution in [-0.2, 0) is 19.0 Å². The number of ether oxygens (including phenoxy) is 3. The Bertz CT molecular complexity index is 884.